The zero-order valence-electron chi connectivity index (χ0n) is 12.1. The molecule has 20 heavy (non-hydrogen) atoms. The topological polar surface area (TPSA) is 80.1 Å². The van der Waals surface area contributed by atoms with Gasteiger partial charge in [-0.15, -0.1) is 0 Å². The van der Waals surface area contributed by atoms with Crippen LogP contribution in [-0.4, -0.2) is 23.2 Å². The number of carbonyl (C=O) groups excluding carboxylic acids is 1. The van der Waals surface area contributed by atoms with Gasteiger partial charge in [0, 0.05) is 29.3 Å². The number of nitrogens with two attached hydrogens (primary N) is 1. The highest BCUT2D eigenvalue weighted by Crippen LogP contribution is 2.21. The number of carbonyl (C=O) groups is 1. The monoisotopic (exact) mass is 275 g/mol. The van der Waals surface area contributed by atoms with Crippen LogP contribution in [0.4, 0.5) is 10.5 Å². The predicted molar refractivity (Wildman–Crippen MR) is 80.7 cm³/mol. The van der Waals surface area contributed by atoms with Gasteiger partial charge in [0.05, 0.1) is 0 Å². The van der Waals surface area contributed by atoms with Gasteiger partial charge in [-0.25, -0.2) is 4.79 Å². The maximum absolute atomic E-state index is 11.5. The second-order valence-electron chi connectivity index (χ2n) is 5.80. The maximum atomic E-state index is 11.5. The average molecular weight is 275 g/mol. The molecule has 0 fully saturated rings. The van der Waals surface area contributed by atoms with E-state index < -0.39 is 11.7 Å². The van der Waals surface area contributed by atoms with Gasteiger partial charge in [0.15, 0.2) is 0 Å². The van der Waals surface area contributed by atoms with Gasteiger partial charge in [-0.1, -0.05) is 0 Å². The number of amides is 1. The summed E-state index contributed by atoms with van der Waals surface area (Å²) in [5.41, 5.74) is 8.23. The van der Waals surface area contributed by atoms with Crippen molar-refractivity contribution in [3.63, 3.8) is 0 Å². The summed E-state index contributed by atoms with van der Waals surface area (Å²) in [6.07, 6.45) is 2.28. The number of anilines is 1. The molecule has 1 heterocycles. The number of aromatic amines is 1. The van der Waals surface area contributed by atoms with Crippen molar-refractivity contribution in [3.05, 3.63) is 30.0 Å². The number of H-pyrrole nitrogens is 1. The zero-order chi connectivity index (χ0) is 14.8. The van der Waals surface area contributed by atoms with Crippen molar-refractivity contribution >= 4 is 22.7 Å². The quantitative estimate of drug-likeness (QED) is 0.753. The van der Waals surface area contributed by atoms with E-state index in [1.807, 2.05) is 45.2 Å². The molecule has 0 unspecified atom stereocenters. The van der Waals surface area contributed by atoms with Crippen molar-refractivity contribution in [2.75, 3.05) is 12.3 Å². The van der Waals surface area contributed by atoms with Crippen molar-refractivity contribution in [1.29, 1.82) is 0 Å². The number of ether oxygens (including phenoxy) is 1. The summed E-state index contributed by atoms with van der Waals surface area (Å²) < 4.78 is 5.19. The van der Waals surface area contributed by atoms with Gasteiger partial charge in [0.1, 0.15) is 5.60 Å². The first kappa shape index (κ1) is 14.2. The Balaban J connectivity index is 1.93. The fourth-order valence-electron chi connectivity index (χ4n) is 2.02. The summed E-state index contributed by atoms with van der Waals surface area (Å²) in [5.74, 6) is 0. The van der Waals surface area contributed by atoms with Crippen molar-refractivity contribution < 1.29 is 9.53 Å². The second-order valence-corrected chi connectivity index (χ2v) is 5.80. The smallest absolute Gasteiger partial charge is 0.407 e. The number of hydrogen-bond donors (Lipinski definition) is 3. The summed E-state index contributed by atoms with van der Waals surface area (Å²) in [6.45, 7) is 6.05. The van der Waals surface area contributed by atoms with Gasteiger partial charge in [-0.3, -0.25) is 0 Å². The third-order valence-electron chi connectivity index (χ3n) is 2.85. The Bertz CT molecular complexity index is 611. The van der Waals surface area contributed by atoms with Crippen LogP contribution in [-0.2, 0) is 11.2 Å². The number of alkyl carbamates (subject to hydrolysis) is 1. The first-order valence-electron chi connectivity index (χ1n) is 6.67. The maximum Gasteiger partial charge on any atom is 0.407 e. The molecule has 0 aliphatic rings. The molecule has 5 nitrogen and oxygen atoms in total. The first-order valence-corrected chi connectivity index (χ1v) is 6.67. The lowest BCUT2D eigenvalue weighted by Gasteiger charge is -2.19. The van der Waals surface area contributed by atoms with E-state index in [0.29, 0.717) is 6.54 Å². The number of nitrogens with one attached hydrogen (secondary N) is 2. The number of fused-ring (bicyclic) bond motifs is 1. The van der Waals surface area contributed by atoms with Crippen LogP contribution in [0.1, 0.15) is 26.3 Å². The first-order chi connectivity index (χ1) is 9.35. The summed E-state index contributed by atoms with van der Waals surface area (Å²) >= 11 is 0. The van der Waals surface area contributed by atoms with Gasteiger partial charge in [-0.2, -0.15) is 0 Å². The van der Waals surface area contributed by atoms with E-state index in [-0.39, 0.29) is 0 Å². The third kappa shape index (κ3) is 3.66. The lowest BCUT2D eigenvalue weighted by Crippen LogP contribution is -2.33. The van der Waals surface area contributed by atoms with Gasteiger partial charge in [-0.05, 0) is 51.0 Å². The average Bonchev–Trinajstić information content (AvgIpc) is 2.69. The molecule has 1 aromatic heterocycles. The second kappa shape index (κ2) is 5.45. The highest BCUT2D eigenvalue weighted by molar-refractivity contribution is 5.86. The van der Waals surface area contributed by atoms with Crippen molar-refractivity contribution in [2.24, 2.45) is 0 Å². The molecule has 0 saturated carbocycles. The summed E-state index contributed by atoms with van der Waals surface area (Å²) in [5, 5.41) is 3.84. The van der Waals surface area contributed by atoms with Gasteiger partial charge >= 0.3 is 6.09 Å². The number of aromatic nitrogens is 1. The molecule has 2 rings (SSSR count). The van der Waals surface area contributed by atoms with E-state index >= 15 is 0 Å². The number of rotatable bonds is 3. The van der Waals surface area contributed by atoms with E-state index in [9.17, 15) is 4.79 Å². The number of hydrogen-bond acceptors (Lipinski definition) is 3. The Morgan fingerprint density at radius 1 is 1.40 bits per heavy atom. The van der Waals surface area contributed by atoms with E-state index in [0.717, 1.165) is 28.6 Å². The van der Waals surface area contributed by atoms with Crippen LogP contribution in [0, 0.1) is 0 Å². The molecule has 0 aliphatic carbocycles. The summed E-state index contributed by atoms with van der Waals surface area (Å²) in [4.78, 5) is 14.7. The van der Waals surface area contributed by atoms with Crippen molar-refractivity contribution in [2.45, 2.75) is 32.8 Å². The van der Waals surface area contributed by atoms with E-state index in [1.54, 1.807) is 0 Å². The SMILES string of the molecule is CC(C)(C)OC(=O)NCCc1c[nH]c2ccc(N)cc12. The lowest BCUT2D eigenvalue weighted by molar-refractivity contribution is 0.0528. The van der Waals surface area contributed by atoms with Gasteiger partial charge < -0.3 is 20.8 Å². The minimum atomic E-state index is -0.473. The predicted octanol–water partition coefficient (Wildman–Crippen LogP) is 2.82. The summed E-state index contributed by atoms with van der Waals surface area (Å²) in [6, 6.07) is 5.76. The summed E-state index contributed by atoms with van der Waals surface area (Å²) in [7, 11) is 0. The Hall–Kier alpha value is -2.17. The minimum Gasteiger partial charge on any atom is -0.444 e. The Morgan fingerprint density at radius 2 is 2.15 bits per heavy atom. The third-order valence-corrected chi connectivity index (χ3v) is 2.85. The molecule has 0 aliphatic heterocycles. The molecule has 1 aromatic carbocycles. The van der Waals surface area contributed by atoms with Crippen LogP contribution in [0.3, 0.4) is 0 Å². The molecule has 4 N–H and O–H groups in total. The van der Waals surface area contributed by atoms with E-state index in [4.69, 9.17) is 10.5 Å². The molecule has 108 valence electrons. The Labute approximate surface area is 118 Å². The molecular weight excluding hydrogens is 254 g/mol. The van der Waals surface area contributed by atoms with Crippen LogP contribution >= 0.6 is 0 Å². The molecule has 0 radical (unpaired) electrons. The molecule has 2 aromatic rings. The number of benzene rings is 1. The zero-order valence-corrected chi connectivity index (χ0v) is 12.1. The Kier molecular flexibility index (Phi) is 3.88. The van der Waals surface area contributed by atoms with Crippen LogP contribution in [0.2, 0.25) is 0 Å². The van der Waals surface area contributed by atoms with Crippen LogP contribution < -0.4 is 11.1 Å². The van der Waals surface area contributed by atoms with Crippen LogP contribution in [0.25, 0.3) is 10.9 Å². The fourth-order valence-corrected chi connectivity index (χ4v) is 2.02. The van der Waals surface area contributed by atoms with Gasteiger partial charge in [0.25, 0.3) is 0 Å². The van der Waals surface area contributed by atoms with E-state index in [2.05, 4.69) is 10.3 Å². The molecule has 0 spiro atoms. The standard InChI is InChI=1S/C15H21N3O2/c1-15(2,3)20-14(19)17-7-6-10-9-18-13-5-4-11(16)8-12(10)13/h4-5,8-9,18H,6-7,16H2,1-3H3,(H,17,19). The van der Waals surface area contributed by atoms with Gasteiger partial charge in [0.2, 0.25) is 0 Å². The molecule has 0 bridgehead atoms. The normalized spacial score (nSPS) is 11.6. The molecule has 1 amide bonds. The van der Waals surface area contributed by atoms with Crippen LogP contribution in [0.5, 0.6) is 0 Å². The van der Waals surface area contributed by atoms with E-state index in [1.165, 1.54) is 0 Å². The van der Waals surface area contributed by atoms with Crippen molar-refractivity contribution in [1.82, 2.24) is 10.3 Å². The molecule has 0 saturated heterocycles. The largest absolute Gasteiger partial charge is 0.444 e. The molecular formula is C15H21N3O2. The van der Waals surface area contributed by atoms with Crippen LogP contribution in [0.15, 0.2) is 24.4 Å². The lowest BCUT2D eigenvalue weighted by atomic mass is 10.1. The number of nitrogen functional groups attached to an aromatic ring is 1. The minimum absolute atomic E-state index is 0.392. The Morgan fingerprint density at radius 3 is 2.85 bits per heavy atom. The fraction of sp³-hybridized carbons (Fsp3) is 0.400. The molecule has 5 heteroatoms. The highest BCUT2D eigenvalue weighted by Gasteiger charge is 2.15. The van der Waals surface area contributed by atoms with Crippen molar-refractivity contribution in [3.8, 4) is 0 Å². The highest BCUT2D eigenvalue weighted by atomic mass is 16.6. The molecule has 0 atom stereocenters.